The van der Waals surface area contributed by atoms with Crippen LogP contribution in [0.3, 0.4) is 0 Å². The van der Waals surface area contributed by atoms with Gasteiger partial charge in [0.1, 0.15) is 5.75 Å². The van der Waals surface area contributed by atoms with Crippen molar-refractivity contribution in [2.45, 2.75) is 20.3 Å². The molecule has 0 saturated carbocycles. The molecule has 0 aliphatic rings. The highest BCUT2D eigenvalue weighted by Crippen LogP contribution is 2.36. The van der Waals surface area contributed by atoms with Crippen molar-refractivity contribution in [3.63, 3.8) is 0 Å². The van der Waals surface area contributed by atoms with Crippen LogP contribution in [0.5, 0.6) is 5.75 Å². The summed E-state index contributed by atoms with van der Waals surface area (Å²) in [6.45, 7) is 4.35. The van der Waals surface area contributed by atoms with E-state index in [0.717, 1.165) is 12.0 Å². The van der Waals surface area contributed by atoms with Gasteiger partial charge in [0.15, 0.2) is 0 Å². The Kier molecular flexibility index (Phi) is 10.8. The number of hydrogen-bond acceptors (Lipinski definition) is 5. The average Bonchev–Trinajstić information content (AvgIpc) is 3.00. The lowest BCUT2D eigenvalue weighted by molar-refractivity contribution is -0.135. The summed E-state index contributed by atoms with van der Waals surface area (Å²) in [6, 6.07) is 33.3. The van der Waals surface area contributed by atoms with Crippen LogP contribution in [0.25, 0.3) is 0 Å². The number of anilines is 4. The van der Waals surface area contributed by atoms with Crippen molar-refractivity contribution in [3.05, 3.63) is 115 Å². The molecule has 4 aromatic carbocycles. The normalized spacial score (nSPS) is 10.0. The van der Waals surface area contributed by atoms with Gasteiger partial charge in [-0.2, -0.15) is 0 Å². The number of ether oxygens (including phenoxy) is 1. The molecule has 0 bridgehead atoms. The molecule has 0 atom stereocenters. The third-order valence-electron chi connectivity index (χ3n) is 5.88. The van der Waals surface area contributed by atoms with Gasteiger partial charge in [0.05, 0.1) is 18.0 Å². The van der Waals surface area contributed by atoms with Crippen LogP contribution < -0.4 is 26.0 Å². The number of hydrogen-bond donors (Lipinski definition) is 2. The Labute approximate surface area is 238 Å². The highest BCUT2D eigenvalue weighted by molar-refractivity contribution is 6.47. The molecule has 0 heterocycles. The fourth-order valence-corrected chi connectivity index (χ4v) is 4.02. The van der Waals surface area contributed by atoms with Gasteiger partial charge in [0, 0.05) is 11.4 Å². The topological polar surface area (TPSA) is 136 Å². The quantitative estimate of drug-likeness (QED) is 0.322. The number of para-hydroxylation sites is 5. The standard InChI is InChI=1S/C30H28N2O3.C2H4N2O2/c1-3-23-15-11-12-20-26(23)31(24-16-7-5-8-17-24)29(33)30(34)32(25-18-9-6-10-19-25)27-21-13-14-22-28(27)35-4-2;3-1(5)2(4)6/h5-22H,3-4H2,1-2H3;(H2,3,5)(H2,4,6). The van der Waals surface area contributed by atoms with Gasteiger partial charge in [0.25, 0.3) is 0 Å². The third-order valence-corrected chi connectivity index (χ3v) is 5.88. The number of rotatable bonds is 7. The lowest BCUT2D eigenvalue weighted by Gasteiger charge is -2.29. The van der Waals surface area contributed by atoms with Gasteiger partial charge in [-0.05, 0) is 61.4 Å². The third kappa shape index (κ3) is 7.57. The van der Waals surface area contributed by atoms with Crippen LogP contribution in [0.1, 0.15) is 19.4 Å². The molecule has 0 fully saturated rings. The summed E-state index contributed by atoms with van der Waals surface area (Å²) in [7, 11) is 0. The van der Waals surface area contributed by atoms with Gasteiger partial charge < -0.3 is 16.2 Å². The largest absolute Gasteiger partial charge is 0.492 e. The van der Waals surface area contributed by atoms with E-state index in [1.54, 1.807) is 24.3 Å². The minimum atomic E-state index is -1.10. The fourth-order valence-electron chi connectivity index (χ4n) is 4.02. The van der Waals surface area contributed by atoms with E-state index in [4.69, 9.17) is 4.74 Å². The van der Waals surface area contributed by atoms with E-state index in [0.29, 0.717) is 35.1 Å². The van der Waals surface area contributed by atoms with E-state index in [2.05, 4.69) is 11.5 Å². The second-order valence-electron chi connectivity index (χ2n) is 8.56. The van der Waals surface area contributed by atoms with Gasteiger partial charge >= 0.3 is 23.6 Å². The number of aryl methyl sites for hydroxylation is 1. The maximum absolute atomic E-state index is 14.1. The molecule has 0 unspecified atom stereocenters. The Morgan fingerprint density at radius 1 is 0.585 bits per heavy atom. The zero-order chi connectivity index (χ0) is 29.8. The Balaban J connectivity index is 0.000000696. The predicted molar refractivity (Wildman–Crippen MR) is 159 cm³/mol. The van der Waals surface area contributed by atoms with Crippen molar-refractivity contribution < 1.29 is 23.9 Å². The summed E-state index contributed by atoms with van der Waals surface area (Å²) >= 11 is 0. The number of primary amides is 2. The van der Waals surface area contributed by atoms with E-state index < -0.39 is 23.6 Å². The van der Waals surface area contributed by atoms with E-state index in [-0.39, 0.29) is 0 Å². The number of nitrogens with zero attached hydrogens (tertiary/aromatic N) is 2. The minimum Gasteiger partial charge on any atom is -0.492 e. The highest BCUT2D eigenvalue weighted by atomic mass is 16.5. The Morgan fingerprint density at radius 2 is 1.00 bits per heavy atom. The minimum absolute atomic E-state index is 0.432. The number of carbonyl (C=O) groups excluding carboxylic acids is 4. The van der Waals surface area contributed by atoms with Crippen LogP contribution in [0.15, 0.2) is 109 Å². The second-order valence-corrected chi connectivity index (χ2v) is 8.56. The first kappa shape index (κ1) is 30.1. The molecule has 9 heteroatoms. The van der Waals surface area contributed by atoms with E-state index >= 15 is 0 Å². The molecule has 9 nitrogen and oxygen atoms in total. The number of benzene rings is 4. The molecule has 0 spiro atoms. The molecular weight excluding hydrogens is 520 g/mol. The van der Waals surface area contributed by atoms with Crippen LogP contribution in [-0.4, -0.2) is 30.2 Å². The highest BCUT2D eigenvalue weighted by Gasteiger charge is 2.33. The van der Waals surface area contributed by atoms with Gasteiger partial charge in [-0.15, -0.1) is 0 Å². The summed E-state index contributed by atoms with van der Waals surface area (Å²) in [4.78, 5) is 50.0. The number of amides is 4. The molecule has 210 valence electrons. The summed E-state index contributed by atoms with van der Waals surface area (Å²) in [5.41, 5.74) is 12.0. The molecule has 4 N–H and O–H groups in total. The second kappa shape index (κ2) is 14.6. The van der Waals surface area contributed by atoms with Crippen molar-refractivity contribution in [1.82, 2.24) is 0 Å². The summed E-state index contributed by atoms with van der Waals surface area (Å²) in [5, 5.41) is 0. The predicted octanol–water partition coefficient (Wildman–Crippen LogP) is 4.63. The molecule has 4 aromatic rings. The van der Waals surface area contributed by atoms with Gasteiger partial charge in [-0.25, -0.2) is 0 Å². The fraction of sp³-hybridized carbons (Fsp3) is 0.125. The molecule has 0 aromatic heterocycles. The van der Waals surface area contributed by atoms with E-state index in [9.17, 15) is 19.2 Å². The van der Waals surface area contributed by atoms with Crippen LogP contribution in [0.4, 0.5) is 22.7 Å². The molecule has 0 aliphatic heterocycles. The van der Waals surface area contributed by atoms with Crippen molar-refractivity contribution >= 4 is 46.4 Å². The van der Waals surface area contributed by atoms with Crippen molar-refractivity contribution in [3.8, 4) is 5.75 Å². The van der Waals surface area contributed by atoms with Gasteiger partial charge in [-0.3, -0.25) is 29.0 Å². The van der Waals surface area contributed by atoms with Crippen LogP contribution in [0, 0.1) is 0 Å². The number of carbonyl (C=O) groups is 4. The smallest absolute Gasteiger partial charge is 0.321 e. The molecule has 0 aliphatic carbocycles. The molecule has 0 radical (unpaired) electrons. The first-order valence-electron chi connectivity index (χ1n) is 13.0. The monoisotopic (exact) mass is 552 g/mol. The summed E-state index contributed by atoms with van der Waals surface area (Å²) in [5.74, 6) is -3.02. The van der Waals surface area contributed by atoms with E-state index in [1.807, 2.05) is 98.8 Å². The average molecular weight is 553 g/mol. The zero-order valence-corrected chi connectivity index (χ0v) is 22.9. The maximum Gasteiger partial charge on any atom is 0.321 e. The maximum atomic E-state index is 14.1. The van der Waals surface area contributed by atoms with Crippen LogP contribution in [-0.2, 0) is 25.6 Å². The lowest BCUT2D eigenvalue weighted by Crippen LogP contribution is -2.42. The van der Waals surface area contributed by atoms with Gasteiger partial charge in [0.2, 0.25) is 0 Å². The SMILES string of the molecule is CCOc1ccccc1N(C(=O)C(=O)N(c1ccccc1)c1ccccc1CC)c1ccccc1.NC(=O)C(N)=O. The van der Waals surface area contributed by atoms with Crippen LogP contribution in [0.2, 0.25) is 0 Å². The Morgan fingerprint density at radius 3 is 1.46 bits per heavy atom. The van der Waals surface area contributed by atoms with Gasteiger partial charge in [-0.1, -0.05) is 73.7 Å². The Bertz CT molecular complexity index is 1480. The molecule has 4 amide bonds. The molecular formula is C32H32N4O5. The Hall–Kier alpha value is -5.44. The van der Waals surface area contributed by atoms with Crippen molar-refractivity contribution in [2.24, 2.45) is 11.5 Å². The molecule has 4 rings (SSSR count). The first-order chi connectivity index (χ1) is 19.8. The summed E-state index contributed by atoms with van der Waals surface area (Å²) in [6.07, 6.45) is 0.719. The first-order valence-corrected chi connectivity index (χ1v) is 13.0. The molecule has 41 heavy (non-hydrogen) atoms. The van der Waals surface area contributed by atoms with E-state index in [1.165, 1.54) is 9.80 Å². The number of nitrogens with two attached hydrogens (primary N) is 2. The lowest BCUT2D eigenvalue weighted by atomic mass is 10.1. The zero-order valence-electron chi connectivity index (χ0n) is 22.9. The van der Waals surface area contributed by atoms with Crippen molar-refractivity contribution in [2.75, 3.05) is 16.4 Å². The summed E-state index contributed by atoms with van der Waals surface area (Å²) < 4.78 is 5.82. The molecule has 0 saturated heterocycles. The van der Waals surface area contributed by atoms with Crippen LogP contribution >= 0.6 is 0 Å². The van der Waals surface area contributed by atoms with Crippen molar-refractivity contribution in [1.29, 1.82) is 0 Å².